The molecule has 0 aliphatic carbocycles. The van der Waals surface area contributed by atoms with Crippen LogP contribution in [0.25, 0.3) is 0 Å². The number of carboxylic acids is 1. The van der Waals surface area contributed by atoms with Crippen LogP contribution in [0.4, 0.5) is 0 Å². The first kappa shape index (κ1) is 13.6. The normalized spacial score (nSPS) is 20.9. The van der Waals surface area contributed by atoms with Gasteiger partial charge in [0.05, 0.1) is 6.61 Å². The van der Waals surface area contributed by atoms with Gasteiger partial charge in [0, 0.05) is 35.2 Å². The first-order valence-electron chi connectivity index (χ1n) is 5.57. The van der Waals surface area contributed by atoms with E-state index in [9.17, 15) is 4.79 Å². The van der Waals surface area contributed by atoms with Crippen molar-refractivity contribution in [1.82, 2.24) is 4.90 Å². The van der Waals surface area contributed by atoms with Crippen molar-refractivity contribution < 1.29 is 14.6 Å². The van der Waals surface area contributed by atoms with E-state index < -0.39 is 12.1 Å². The van der Waals surface area contributed by atoms with Gasteiger partial charge in [0.15, 0.2) is 6.10 Å². The molecule has 1 aromatic carbocycles. The molecule has 1 heterocycles. The monoisotopic (exact) mass is 289 g/mol. The second-order valence-corrected chi connectivity index (χ2v) is 4.95. The molecular formula is C12H13Cl2NO3. The minimum atomic E-state index is -0.940. The lowest BCUT2D eigenvalue weighted by Gasteiger charge is -2.31. The van der Waals surface area contributed by atoms with Gasteiger partial charge in [0.2, 0.25) is 0 Å². The fraction of sp³-hybridized carbons (Fsp3) is 0.417. The molecule has 98 valence electrons. The number of carboxylic acid groups (broad SMARTS) is 1. The van der Waals surface area contributed by atoms with E-state index in [2.05, 4.69) is 0 Å². The number of rotatable bonds is 3. The number of nitrogens with zero attached hydrogens (tertiary/aromatic N) is 1. The summed E-state index contributed by atoms with van der Waals surface area (Å²) in [5.41, 5.74) is 0.826. The molecule has 6 heteroatoms. The molecule has 0 bridgehead atoms. The average molecular weight is 290 g/mol. The number of benzene rings is 1. The van der Waals surface area contributed by atoms with Crippen LogP contribution < -0.4 is 0 Å². The molecule has 1 aliphatic rings. The maximum atomic E-state index is 10.9. The molecule has 0 radical (unpaired) electrons. The molecule has 1 N–H and O–H groups in total. The van der Waals surface area contributed by atoms with Crippen molar-refractivity contribution in [2.45, 2.75) is 12.6 Å². The van der Waals surface area contributed by atoms with Crippen LogP contribution in [0.5, 0.6) is 0 Å². The highest BCUT2D eigenvalue weighted by molar-refractivity contribution is 6.35. The predicted molar refractivity (Wildman–Crippen MR) is 69.1 cm³/mol. The van der Waals surface area contributed by atoms with Crippen LogP contribution in [-0.4, -0.2) is 41.8 Å². The molecule has 1 aromatic rings. The van der Waals surface area contributed by atoms with Gasteiger partial charge < -0.3 is 9.84 Å². The first-order chi connectivity index (χ1) is 8.58. The van der Waals surface area contributed by atoms with Gasteiger partial charge in [-0.15, -0.1) is 0 Å². The number of carbonyl (C=O) groups is 1. The summed E-state index contributed by atoms with van der Waals surface area (Å²) in [5.74, 6) is -0.940. The van der Waals surface area contributed by atoms with E-state index in [1.807, 2.05) is 4.90 Å². The minimum Gasteiger partial charge on any atom is -0.479 e. The lowest BCUT2D eigenvalue weighted by atomic mass is 10.2. The van der Waals surface area contributed by atoms with Gasteiger partial charge >= 0.3 is 5.97 Å². The Balaban J connectivity index is 2.07. The number of hydrogen-bond acceptors (Lipinski definition) is 3. The molecule has 0 amide bonds. The zero-order valence-electron chi connectivity index (χ0n) is 9.60. The molecular weight excluding hydrogens is 277 g/mol. The van der Waals surface area contributed by atoms with Crippen LogP contribution in [0.15, 0.2) is 18.2 Å². The van der Waals surface area contributed by atoms with Crippen LogP contribution in [0.2, 0.25) is 10.0 Å². The van der Waals surface area contributed by atoms with Gasteiger partial charge in [-0.1, -0.05) is 29.3 Å². The van der Waals surface area contributed by atoms with Crippen molar-refractivity contribution in [3.63, 3.8) is 0 Å². The third-order valence-electron chi connectivity index (χ3n) is 2.87. The summed E-state index contributed by atoms with van der Waals surface area (Å²) >= 11 is 12.2. The number of ether oxygens (including phenoxy) is 1. The average Bonchev–Trinajstić information content (AvgIpc) is 2.34. The van der Waals surface area contributed by atoms with E-state index in [-0.39, 0.29) is 0 Å². The Labute approximate surface area is 115 Å². The number of halogens is 2. The van der Waals surface area contributed by atoms with E-state index in [1.165, 1.54) is 0 Å². The van der Waals surface area contributed by atoms with Crippen molar-refractivity contribution in [3.8, 4) is 0 Å². The van der Waals surface area contributed by atoms with Crippen LogP contribution in [0, 0.1) is 0 Å². The molecule has 0 spiro atoms. The van der Waals surface area contributed by atoms with E-state index in [4.69, 9.17) is 33.0 Å². The highest BCUT2D eigenvalue weighted by Gasteiger charge is 2.26. The molecule has 1 unspecified atom stereocenters. The van der Waals surface area contributed by atoms with Crippen LogP contribution in [0.3, 0.4) is 0 Å². The molecule has 1 saturated heterocycles. The molecule has 18 heavy (non-hydrogen) atoms. The standard InChI is InChI=1S/C12H13Cl2NO3/c13-9-2-1-3-10(14)8(9)6-15-4-5-18-11(7-15)12(16)17/h1-3,11H,4-7H2,(H,16,17). The summed E-state index contributed by atoms with van der Waals surface area (Å²) < 4.78 is 5.16. The van der Waals surface area contributed by atoms with Gasteiger partial charge in [-0.3, -0.25) is 4.90 Å². The Bertz CT molecular complexity index is 433. The van der Waals surface area contributed by atoms with Crippen LogP contribution in [0.1, 0.15) is 5.56 Å². The van der Waals surface area contributed by atoms with Crippen molar-refractivity contribution in [2.75, 3.05) is 19.7 Å². The van der Waals surface area contributed by atoms with Crippen molar-refractivity contribution in [1.29, 1.82) is 0 Å². The summed E-state index contributed by atoms with van der Waals surface area (Å²) in [6.45, 7) is 1.95. The Hall–Kier alpha value is -0.810. The highest BCUT2D eigenvalue weighted by atomic mass is 35.5. The van der Waals surface area contributed by atoms with Gasteiger partial charge in [-0.05, 0) is 12.1 Å². The van der Waals surface area contributed by atoms with E-state index in [1.54, 1.807) is 18.2 Å². The molecule has 0 saturated carbocycles. The Morgan fingerprint density at radius 3 is 2.72 bits per heavy atom. The molecule has 4 nitrogen and oxygen atoms in total. The van der Waals surface area contributed by atoms with Crippen molar-refractivity contribution in [2.24, 2.45) is 0 Å². The van der Waals surface area contributed by atoms with Gasteiger partial charge in [-0.2, -0.15) is 0 Å². The summed E-state index contributed by atoms with van der Waals surface area (Å²) in [5, 5.41) is 10.1. The maximum absolute atomic E-state index is 10.9. The third kappa shape index (κ3) is 3.14. The number of hydrogen-bond donors (Lipinski definition) is 1. The molecule has 2 rings (SSSR count). The van der Waals surface area contributed by atoms with E-state index in [0.29, 0.717) is 36.3 Å². The van der Waals surface area contributed by atoms with Gasteiger partial charge in [0.1, 0.15) is 0 Å². The van der Waals surface area contributed by atoms with Crippen LogP contribution >= 0.6 is 23.2 Å². The topological polar surface area (TPSA) is 49.8 Å². The Kier molecular flexibility index (Phi) is 4.45. The Morgan fingerprint density at radius 1 is 1.44 bits per heavy atom. The Morgan fingerprint density at radius 2 is 2.11 bits per heavy atom. The quantitative estimate of drug-likeness (QED) is 0.928. The van der Waals surface area contributed by atoms with Crippen molar-refractivity contribution in [3.05, 3.63) is 33.8 Å². The molecule has 1 aliphatic heterocycles. The first-order valence-corrected chi connectivity index (χ1v) is 6.33. The SMILES string of the molecule is O=C(O)C1CN(Cc2c(Cl)cccc2Cl)CCO1. The fourth-order valence-corrected chi connectivity index (χ4v) is 2.42. The van der Waals surface area contributed by atoms with Gasteiger partial charge in [0.25, 0.3) is 0 Å². The summed E-state index contributed by atoms with van der Waals surface area (Å²) in [6, 6.07) is 5.34. The molecule has 1 atom stereocenters. The third-order valence-corrected chi connectivity index (χ3v) is 3.58. The zero-order chi connectivity index (χ0) is 13.1. The fourth-order valence-electron chi connectivity index (χ4n) is 1.90. The highest BCUT2D eigenvalue weighted by Crippen LogP contribution is 2.26. The smallest absolute Gasteiger partial charge is 0.334 e. The number of morpholine rings is 1. The summed E-state index contributed by atoms with van der Waals surface area (Å²) in [6.07, 6.45) is -0.778. The largest absolute Gasteiger partial charge is 0.479 e. The second kappa shape index (κ2) is 5.89. The summed E-state index contributed by atoms with van der Waals surface area (Å²) in [7, 11) is 0. The molecule has 1 fully saturated rings. The summed E-state index contributed by atoms with van der Waals surface area (Å²) in [4.78, 5) is 12.9. The lowest BCUT2D eigenvalue weighted by Crippen LogP contribution is -2.45. The second-order valence-electron chi connectivity index (χ2n) is 4.13. The lowest BCUT2D eigenvalue weighted by molar-refractivity contribution is -0.156. The predicted octanol–water partition coefficient (Wildman–Crippen LogP) is 2.28. The van der Waals surface area contributed by atoms with Crippen molar-refractivity contribution >= 4 is 29.2 Å². The van der Waals surface area contributed by atoms with E-state index in [0.717, 1.165) is 5.56 Å². The van der Waals surface area contributed by atoms with E-state index >= 15 is 0 Å². The zero-order valence-corrected chi connectivity index (χ0v) is 11.1. The van der Waals surface area contributed by atoms with Crippen LogP contribution in [-0.2, 0) is 16.1 Å². The number of aliphatic carboxylic acids is 1. The van der Waals surface area contributed by atoms with Gasteiger partial charge in [-0.25, -0.2) is 4.79 Å². The minimum absolute atomic E-state index is 0.344. The maximum Gasteiger partial charge on any atom is 0.334 e. The molecule has 0 aromatic heterocycles.